The van der Waals surface area contributed by atoms with E-state index in [9.17, 15) is 0 Å². The molecule has 8 aromatic carbocycles. The van der Waals surface area contributed by atoms with Crippen molar-refractivity contribution in [3.05, 3.63) is 188 Å². The molecule has 5 heteroatoms. The summed E-state index contributed by atoms with van der Waals surface area (Å²) in [6.07, 6.45) is 0. The molecule has 0 radical (unpaired) electrons. The second-order valence-electron chi connectivity index (χ2n) is 14.5. The Balaban J connectivity index is 1.02. The van der Waals surface area contributed by atoms with Crippen LogP contribution in [0.25, 0.3) is 115 Å². The molecule has 0 N–H and O–H groups in total. The van der Waals surface area contributed by atoms with Crippen LogP contribution in [0, 0.1) is 0 Å². The Labute approximate surface area is 331 Å². The molecule has 0 aliphatic carbocycles. The average molecular weight is 746 g/mol. The normalized spacial score (nSPS) is 11.9. The highest BCUT2D eigenvalue weighted by molar-refractivity contribution is 7.25. The maximum absolute atomic E-state index is 6.32. The summed E-state index contributed by atoms with van der Waals surface area (Å²) in [6.45, 7) is 0. The van der Waals surface area contributed by atoms with Crippen LogP contribution < -0.4 is 0 Å². The van der Waals surface area contributed by atoms with Gasteiger partial charge in [0.05, 0.1) is 22.4 Å². The zero-order valence-corrected chi connectivity index (χ0v) is 31.4. The number of furan rings is 1. The summed E-state index contributed by atoms with van der Waals surface area (Å²) in [6, 6.07) is 66.6. The van der Waals surface area contributed by atoms with Crippen molar-refractivity contribution in [3.63, 3.8) is 0 Å². The molecule has 0 saturated heterocycles. The van der Waals surface area contributed by atoms with Crippen molar-refractivity contribution in [2.75, 3.05) is 0 Å². The van der Waals surface area contributed by atoms with Gasteiger partial charge in [-0.3, -0.25) is 0 Å². The second-order valence-corrected chi connectivity index (χ2v) is 15.6. The monoisotopic (exact) mass is 745 g/mol. The number of fused-ring (bicyclic) bond motifs is 10. The molecule has 266 valence electrons. The third-order valence-electron chi connectivity index (χ3n) is 11.2. The van der Waals surface area contributed by atoms with Gasteiger partial charge in [-0.15, -0.1) is 11.3 Å². The third-order valence-corrected chi connectivity index (χ3v) is 12.4. The van der Waals surface area contributed by atoms with Crippen molar-refractivity contribution >= 4 is 75.3 Å². The predicted molar refractivity (Wildman–Crippen MR) is 238 cm³/mol. The Kier molecular flexibility index (Phi) is 7.06. The Morgan fingerprint density at radius 2 is 1.07 bits per heavy atom. The maximum Gasteiger partial charge on any atom is 0.160 e. The van der Waals surface area contributed by atoms with Crippen LogP contribution in [0.1, 0.15) is 0 Å². The van der Waals surface area contributed by atoms with Crippen molar-refractivity contribution < 1.29 is 4.42 Å². The number of hydrogen-bond acceptors (Lipinski definition) is 4. The lowest BCUT2D eigenvalue weighted by atomic mass is 10.0. The van der Waals surface area contributed by atoms with E-state index in [1.807, 2.05) is 23.5 Å². The molecule has 0 saturated carbocycles. The van der Waals surface area contributed by atoms with Crippen molar-refractivity contribution in [2.45, 2.75) is 0 Å². The SMILES string of the molecule is c1ccc(-c2cccc(-c3cc(-c4ccc(-n5c6ccccc6c6c7c(ccc65)oc5ccccc57)cc4)nc(-c4ccc5sc6ccccc6c5c4)n3)c2)cc1. The fourth-order valence-corrected chi connectivity index (χ4v) is 9.65. The van der Waals surface area contributed by atoms with Crippen molar-refractivity contribution in [1.82, 2.24) is 14.5 Å². The summed E-state index contributed by atoms with van der Waals surface area (Å²) in [4.78, 5) is 10.5. The molecule has 4 aromatic heterocycles. The quantitative estimate of drug-likeness (QED) is 0.176. The van der Waals surface area contributed by atoms with Crippen LogP contribution in [0.5, 0.6) is 0 Å². The Bertz CT molecular complexity index is 3520. The van der Waals surface area contributed by atoms with Gasteiger partial charge in [0.2, 0.25) is 0 Å². The highest BCUT2D eigenvalue weighted by Crippen LogP contribution is 2.42. The van der Waals surface area contributed by atoms with Gasteiger partial charge in [-0.05, 0) is 83.9 Å². The molecular weight excluding hydrogens is 715 g/mol. The third kappa shape index (κ3) is 5.13. The topological polar surface area (TPSA) is 43.9 Å². The van der Waals surface area contributed by atoms with Crippen LogP contribution in [-0.2, 0) is 0 Å². The van der Waals surface area contributed by atoms with Crippen LogP contribution >= 0.6 is 11.3 Å². The van der Waals surface area contributed by atoms with Crippen LogP contribution in [0.3, 0.4) is 0 Å². The van der Waals surface area contributed by atoms with E-state index in [4.69, 9.17) is 14.4 Å². The minimum absolute atomic E-state index is 0.702. The summed E-state index contributed by atoms with van der Waals surface area (Å²) in [5, 5.41) is 7.18. The Morgan fingerprint density at radius 1 is 0.386 bits per heavy atom. The lowest BCUT2D eigenvalue weighted by molar-refractivity contribution is 0.669. The fraction of sp³-hybridized carbons (Fsp3) is 0. The lowest BCUT2D eigenvalue weighted by Crippen LogP contribution is -1.97. The molecule has 0 unspecified atom stereocenters. The molecule has 4 heterocycles. The van der Waals surface area contributed by atoms with Gasteiger partial charge in [-0.1, -0.05) is 115 Å². The van der Waals surface area contributed by atoms with Gasteiger partial charge in [0.1, 0.15) is 11.2 Å². The lowest BCUT2D eigenvalue weighted by Gasteiger charge is -2.12. The Hall–Kier alpha value is -7.34. The van der Waals surface area contributed by atoms with Gasteiger partial charge in [0.15, 0.2) is 5.82 Å². The molecular formula is C52H31N3OS. The largest absolute Gasteiger partial charge is 0.456 e. The van der Waals surface area contributed by atoms with Gasteiger partial charge < -0.3 is 8.98 Å². The van der Waals surface area contributed by atoms with E-state index in [2.05, 4.69) is 180 Å². The van der Waals surface area contributed by atoms with Crippen molar-refractivity contribution in [1.29, 1.82) is 0 Å². The molecule has 0 bridgehead atoms. The number of benzene rings is 8. The van der Waals surface area contributed by atoms with E-state index in [0.717, 1.165) is 72.3 Å². The summed E-state index contributed by atoms with van der Waals surface area (Å²) in [5.74, 6) is 0.702. The first-order valence-corrected chi connectivity index (χ1v) is 20.0. The number of thiophene rings is 1. The first-order chi connectivity index (χ1) is 28.2. The first kappa shape index (κ1) is 32.0. The molecule has 57 heavy (non-hydrogen) atoms. The fourth-order valence-electron chi connectivity index (χ4n) is 8.56. The second kappa shape index (κ2) is 12.6. The number of hydrogen-bond donors (Lipinski definition) is 0. The van der Waals surface area contributed by atoms with E-state index in [0.29, 0.717) is 5.82 Å². The maximum atomic E-state index is 6.32. The van der Waals surface area contributed by atoms with Crippen molar-refractivity contribution in [2.24, 2.45) is 0 Å². The molecule has 4 nitrogen and oxygen atoms in total. The van der Waals surface area contributed by atoms with E-state index < -0.39 is 0 Å². The zero-order valence-electron chi connectivity index (χ0n) is 30.6. The molecule has 0 fully saturated rings. The van der Waals surface area contributed by atoms with E-state index in [1.165, 1.54) is 36.5 Å². The molecule has 0 aliphatic rings. The van der Waals surface area contributed by atoms with Gasteiger partial charge >= 0.3 is 0 Å². The van der Waals surface area contributed by atoms with Crippen LogP contribution in [-0.4, -0.2) is 14.5 Å². The Morgan fingerprint density at radius 3 is 1.95 bits per heavy atom. The highest BCUT2D eigenvalue weighted by Gasteiger charge is 2.19. The number of rotatable bonds is 5. The van der Waals surface area contributed by atoms with Gasteiger partial charge in [-0.2, -0.15) is 0 Å². The summed E-state index contributed by atoms with van der Waals surface area (Å²) in [7, 11) is 0. The van der Waals surface area contributed by atoms with Gasteiger partial charge in [0, 0.05) is 64.1 Å². The number of para-hydroxylation sites is 2. The molecule has 0 atom stereocenters. The van der Waals surface area contributed by atoms with Gasteiger partial charge in [-0.25, -0.2) is 9.97 Å². The van der Waals surface area contributed by atoms with Crippen LogP contribution in [0.2, 0.25) is 0 Å². The number of aromatic nitrogens is 3. The van der Waals surface area contributed by atoms with Crippen LogP contribution in [0.15, 0.2) is 192 Å². The molecule has 12 rings (SSSR count). The zero-order chi connectivity index (χ0) is 37.5. The van der Waals surface area contributed by atoms with Crippen molar-refractivity contribution in [3.8, 4) is 50.7 Å². The summed E-state index contributed by atoms with van der Waals surface area (Å²) in [5.41, 5.74) is 12.3. The molecule has 0 amide bonds. The van der Waals surface area contributed by atoms with Crippen LogP contribution in [0.4, 0.5) is 0 Å². The minimum Gasteiger partial charge on any atom is -0.456 e. The summed E-state index contributed by atoms with van der Waals surface area (Å²) >= 11 is 1.82. The average Bonchev–Trinajstić information content (AvgIpc) is 3.96. The highest BCUT2D eigenvalue weighted by atomic mass is 32.1. The predicted octanol–water partition coefficient (Wildman–Crippen LogP) is 14.5. The molecule has 0 aliphatic heterocycles. The van der Waals surface area contributed by atoms with E-state index in [1.54, 1.807) is 0 Å². The van der Waals surface area contributed by atoms with E-state index >= 15 is 0 Å². The summed E-state index contributed by atoms with van der Waals surface area (Å²) < 4.78 is 11.2. The standard InChI is InChI=1S/C52H31N3OS/c1-2-11-32(12-3-1)34-13-10-14-35(29-34)43-31-42(53-52(54-43)36-23-28-49-41(30-36)38-15-6-9-20-48(38)57-49)33-21-24-37(25-22-33)55-44-18-7-4-16-39(44)50-45(55)26-27-47-51(50)40-17-5-8-19-46(40)56-47/h1-31H. The van der Waals surface area contributed by atoms with E-state index in [-0.39, 0.29) is 0 Å². The molecule has 12 aromatic rings. The van der Waals surface area contributed by atoms with Gasteiger partial charge in [0.25, 0.3) is 0 Å². The molecule has 0 spiro atoms. The first-order valence-electron chi connectivity index (χ1n) is 19.1. The number of nitrogens with zero attached hydrogens (tertiary/aromatic N) is 3. The smallest absolute Gasteiger partial charge is 0.160 e. The minimum atomic E-state index is 0.702.